The summed E-state index contributed by atoms with van der Waals surface area (Å²) in [6, 6.07) is 7.22. The first-order valence-electron chi connectivity index (χ1n) is 7.16. The van der Waals surface area contributed by atoms with E-state index in [1.807, 2.05) is 12.1 Å². The van der Waals surface area contributed by atoms with Crippen molar-refractivity contribution in [3.05, 3.63) is 58.0 Å². The predicted molar refractivity (Wildman–Crippen MR) is 86.6 cm³/mol. The maximum Gasteiger partial charge on any atom is 0.342 e. The summed E-state index contributed by atoms with van der Waals surface area (Å²) >= 11 is 0. The standard InChI is InChI=1S/C16H17N3O5/c1-12-17-11-15(19(21)22)18(12)8-9-24-16(20)7-6-13-4-3-5-14(10-13)23-2/h3-7,10-11H,8-9H2,1-2H3/b7-6+. The summed E-state index contributed by atoms with van der Waals surface area (Å²) in [6.45, 7) is 1.83. The van der Waals surface area contributed by atoms with Crippen LogP contribution in [0.4, 0.5) is 5.82 Å². The van der Waals surface area contributed by atoms with Gasteiger partial charge in [0.2, 0.25) is 0 Å². The van der Waals surface area contributed by atoms with Crippen LogP contribution < -0.4 is 4.74 Å². The Bertz CT molecular complexity index is 767. The van der Waals surface area contributed by atoms with Crippen LogP contribution in [-0.2, 0) is 16.1 Å². The molecule has 126 valence electrons. The van der Waals surface area contributed by atoms with Gasteiger partial charge in [0.25, 0.3) is 0 Å². The Morgan fingerprint density at radius 3 is 2.96 bits per heavy atom. The number of carbonyl (C=O) groups is 1. The number of aryl methyl sites for hydroxylation is 1. The molecule has 0 atom stereocenters. The molecule has 1 aromatic carbocycles. The lowest BCUT2D eigenvalue weighted by Gasteiger charge is -2.03. The van der Waals surface area contributed by atoms with E-state index in [1.54, 1.807) is 32.2 Å². The minimum atomic E-state index is -0.529. The summed E-state index contributed by atoms with van der Waals surface area (Å²) in [4.78, 5) is 25.9. The molecule has 2 rings (SSSR count). The molecule has 0 spiro atoms. The monoisotopic (exact) mass is 331 g/mol. The highest BCUT2D eigenvalue weighted by Crippen LogP contribution is 2.14. The van der Waals surface area contributed by atoms with Gasteiger partial charge in [-0.05, 0) is 28.7 Å². The van der Waals surface area contributed by atoms with Gasteiger partial charge in [0, 0.05) is 13.0 Å². The third-order valence-corrected chi connectivity index (χ3v) is 3.29. The average Bonchev–Trinajstić information content (AvgIpc) is 2.94. The van der Waals surface area contributed by atoms with Gasteiger partial charge < -0.3 is 19.6 Å². The van der Waals surface area contributed by atoms with Crippen LogP contribution >= 0.6 is 0 Å². The number of carbonyl (C=O) groups excluding carboxylic acids is 1. The van der Waals surface area contributed by atoms with E-state index in [9.17, 15) is 14.9 Å². The summed E-state index contributed by atoms with van der Waals surface area (Å²) in [6.07, 6.45) is 4.08. The third-order valence-electron chi connectivity index (χ3n) is 3.29. The summed E-state index contributed by atoms with van der Waals surface area (Å²) in [5.74, 6) is 0.520. The molecule has 0 aliphatic heterocycles. The smallest absolute Gasteiger partial charge is 0.342 e. The molecule has 1 aromatic heterocycles. The van der Waals surface area contributed by atoms with Crippen LogP contribution in [0.3, 0.4) is 0 Å². The summed E-state index contributed by atoms with van der Waals surface area (Å²) in [7, 11) is 1.56. The molecule has 24 heavy (non-hydrogen) atoms. The Hall–Kier alpha value is -3.16. The van der Waals surface area contributed by atoms with Crippen LogP contribution in [0.5, 0.6) is 5.75 Å². The second kappa shape index (κ2) is 7.91. The van der Waals surface area contributed by atoms with Crippen molar-refractivity contribution >= 4 is 17.9 Å². The van der Waals surface area contributed by atoms with Crippen molar-refractivity contribution in [3.8, 4) is 5.75 Å². The number of esters is 1. The van der Waals surface area contributed by atoms with Crippen molar-refractivity contribution in [2.45, 2.75) is 13.5 Å². The normalized spacial score (nSPS) is 10.8. The zero-order valence-electron chi connectivity index (χ0n) is 13.3. The Balaban J connectivity index is 1.88. The van der Waals surface area contributed by atoms with E-state index in [2.05, 4.69) is 4.98 Å². The number of nitrogens with zero attached hydrogens (tertiary/aromatic N) is 3. The number of imidazole rings is 1. The molecular formula is C16H17N3O5. The molecular weight excluding hydrogens is 314 g/mol. The van der Waals surface area contributed by atoms with Gasteiger partial charge in [-0.3, -0.25) is 0 Å². The molecule has 0 fully saturated rings. The molecule has 0 amide bonds. The van der Waals surface area contributed by atoms with Gasteiger partial charge >= 0.3 is 11.8 Å². The van der Waals surface area contributed by atoms with Crippen molar-refractivity contribution in [2.24, 2.45) is 0 Å². The first kappa shape index (κ1) is 17.2. The summed E-state index contributed by atoms with van der Waals surface area (Å²) in [5, 5.41) is 10.9. The maximum absolute atomic E-state index is 11.7. The van der Waals surface area contributed by atoms with E-state index in [4.69, 9.17) is 9.47 Å². The van der Waals surface area contributed by atoms with Crippen LogP contribution in [0.1, 0.15) is 11.4 Å². The predicted octanol–water partition coefficient (Wildman–Crippen LogP) is 2.36. The molecule has 1 heterocycles. The Morgan fingerprint density at radius 1 is 1.46 bits per heavy atom. The fraction of sp³-hybridized carbons (Fsp3) is 0.250. The van der Waals surface area contributed by atoms with E-state index in [0.717, 1.165) is 5.56 Å². The molecule has 0 aliphatic carbocycles. The highest BCUT2D eigenvalue weighted by molar-refractivity contribution is 5.87. The first-order valence-corrected chi connectivity index (χ1v) is 7.16. The van der Waals surface area contributed by atoms with Gasteiger partial charge in [0.1, 0.15) is 25.1 Å². The van der Waals surface area contributed by atoms with E-state index in [1.165, 1.54) is 16.8 Å². The molecule has 0 bridgehead atoms. The fourth-order valence-electron chi connectivity index (χ4n) is 2.07. The van der Waals surface area contributed by atoms with Gasteiger partial charge in [-0.15, -0.1) is 0 Å². The SMILES string of the molecule is COc1cccc(/C=C/C(=O)OCCn2c([N+](=O)[O-])cnc2C)c1. The quantitative estimate of drug-likeness (QED) is 0.334. The van der Waals surface area contributed by atoms with Crippen molar-refractivity contribution in [1.82, 2.24) is 9.55 Å². The molecule has 0 radical (unpaired) electrons. The number of hydrogen-bond acceptors (Lipinski definition) is 6. The van der Waals surface area contributed by atoms with Gasteiger partial charge in [-0.25, -0.2) is 14.3 Å². The lowest BCUT2D eigenvalue weighted by Crippen LogP contribution is -2.12. The van der Waals surface area contributed by atoms with Crippen LogP contribution in [0, 0.1) is 17.0 Å². The topological polar surface area (TPSA) is 96.5 Å². The van der Waals surface area contributed by atoms with Crippen molar-refractivity contribution in [2.75, 3.05) is 13.7 Å². The third kappa shape index (κ3) is 4.42. The molecule has 2 aromatic rings. The van der Waals surface area contributed by atoms with Crippen LogP contribution in [0.15, 0.2) is 36.5 Å². The summed E-state index contributed by atoms with van der Waals surface area (Å²) in [5.41, 5.74) is 0.799. The molecule has 0 saturated carbocycles. The lowest BCUT2D eigenvalue weighted by atomic mass is 10.2. The molecule has 8 nitrogen and oxygen atoms in total. The Labute approximate surface area is 138 Å². The maximum atomic E-state index is 11.7. The van der Waals surface area contributed by atoms with E-state index in [0.29, 0.717) is 11.6 Å². The van der Waals surface area contributed by atoms with Gasteiger partial charge in [-0.2, -0.15) is 0 Å². The van der Waals surface area contributed by atoms with Crippen LogP contribution in [0.25, 0.3) is 6.08 Å². The van der Waals surface area contributed by atoms with Gasteiger partial charge in [-0.1, -0.05) is 12.1 Å². The zero-order valence-corrected chi connectivity index (χ0v) is 13.3. The van der Waals surface area contributed by atoms with E-state index in [-0.39, 0.29) is 19.0 Å². The number of rotatable bonds is 7. The molecule has 0 unspecified atom stereocenters. The zero-order chi connectivity index (χ0) is 17.5. The number of hydrogen-bond donors (Lipinski definition) is 0. The minimum absolute atomic E-state index is 0.0132. The molecule has 0 aliphatic rings. The Morgan fingerprint density at radius 2 is 2.25 bits per heavy atom. The molecule has 0 N–H and O–H groups in total. The summed E-state index contributed by atoms with van der Waals surface area (Å²) < 4.78 is 11.5. The van der Waals surface area contributed by atoms with Gasteiger partial charge in [0.15, 0.2) is 5.82 Å². The van der Waals surface area contributed by atoms with E-state index >= 15 is 0 Å². The minimum Gasteiger partial charge on any atom is -0.497 e. The molecule has 0 saturated heterocycles. The number of ether oxygens (including phenoxy) is 2. The first-order chi connectivity index (χ1) is 11.5. The highest BCUT2D eigenvalue weighted by Gasteiger charge is 2.17. The largest absolute Gasteiger partial charge is 0.497 e. The average molecular weight is 331 g/mol. The number of benzene rings is 1. The second-order valence-corrected chi connectivity index (χ2v) is 4.85. The Kier molecular flexibility index (Phi) is 5.67. The van der Waals surface area contributed by atoms with Crippen molar-refractivity contribution in [3.63, 3.8) is 0 Å². The second-order valence-electron chi connectivity index (χ2n) is 4.85. The lowest BCUT2D eigenvalue weighted by molar-refractivity contribution is -0.392. The van der Waals surface area contributed by atoms with Crippen molar-refractivity contribution in [1.29, 1.82) is 0 Å². The number of methoxy groups -OCH3 is 1. The number of nitro groups is 1. The number of aromatic nitrogens is 2. The fourth-order valence-corrected chi connectivity index (χ4v) is 2.07. The highest BCUT2D eigenvalue weighted by atomic mass is 16.6. The van der Waals surface area contributed by atoms with Gasteiger partial charge in [0.05, 0.1) is 7.11 Å². The van der Waals surface area contributed by atoms with Crippen molar-refractivity contribution < 1.29 is 19.2 Å². The van der Waals surface area contributed by atoms with Crippen LogP contribution in [0.2, 0.25) is 0 Å². The van der Waals surface area contributed by atoms with E-state index < -0.39 is 10.9 Å². The van der Waals surface area contributed by atoms with Crippen LogP contribution in [-0.4, -0.2) is 34.2 Å². The molecule has 8 heteroatoms.